The molecule has 0 saturated carbocycles. The fourth-order valence-corrected chi connectivity index (χ4v) is 3.58. The molecule has 23 heavy (non-hydrogen) atoms. The molecule has 0 bridgehead atoms. The Morgan fingerprint density at radius 3 is 2.57 bits per heavy atom. The van der Waals surface area contributed by atoms with Crippen molar-refractivity contribution in [1.29, 1.82) is 0 Å². The summed E-state index contributed by atoms with van der Waals surface area (Å²) in [4.78, 5) is 26.9. The Morgan fingerprint density at radius 2 is 1.91 bits per heavy atom. The molecule has 1 saturated heterocycles. The number of anilines is 1. The summed E-state index contributed by atoms with van der Waals surface area (Å²) < 4.78 is 0.823. The summed E-state index contributed by atoms with van der Waals surface area (Å²) in [6.07, 6.45) is 0.514. The van der Waals surface area contributed by atoms with Gasteiger partial charge in [-0.1, -0.05) is 62.2 Å². The van der Waals surface area contributed by atoms with Gasteiger partial charge in [-0.2, -0.15) is 0 Å². The van der Waals surface area contributed by atoms with Crippen LogP contribution >= 0.6 is 31.9 Å². The molecule has 0 spiro atoms. The van der Waals surface area contributed by atoms with Gasteiger partial charge in [0.25, 0.3) is 0 Å². The van der Waals surface area contributed by atoms with Crippen LogP contribution in [0.2, 0.25) is 0 Å². The van der Waals surface area contributed by atoms with E-state index in [9.17, 15) is 9.59 Å². The van der Waals surface area contributed by atoms with Crippen molar-refractivity contribution in [2.24, 2.45) is 5.92 Å². The summed E-state index contributed by atoms with van der Waals surface area (Å²) in [6, 6.07) is 14.6. The lowest BCUT2D eigenvalue weighted by molar-refractivity contribution is -0.117. The molecule has 1 aliphatic rings. The number of nitrogens with zero attached hydrogens (tertiary/aromatic N) is 1. The van der Waals surface area contributed by atoms with Crippen LogP contribution in [0.5, 0.6) is 0 Å². The minimum Gasteiger partial charge on any atom is -0.311 e. The maximum absolute atomic E-state index is 12.9. The van der Waals surface area contributed by atoms with Gasteiger partial charge in [-0.05, 0) is 24.1 Å². The SMILES string of the molecule is O=C(c1ccccc1)c1cc(Br)ccc1N1CC(CBr)CC1=O. The van der Waals surface area contributed by atoms with Crippen LogP contribution < -0.4 is 4.90 Å². The normalized spacial score (nSPS) is 17.6. The van der Waals surface area contributed by atoms with E-state index < -0.39 is 0 Å². The second kappa shape index (κ2) is 6.97. The molecule has 1 heterocycles. The number of carbonyl (C=O) groups excluding carboxylic acids is 2. The smallest absolute Gasteiger partial charge is 0.227 e. The molecule has 0 radical (unpaired) electrons. The minimum absolute atomic E-state index is 0.0684. The summed E-state index contributed by atoms with van der Waals surface area (Å²) in [5.74, 6) is 0.279. The molecule has 2 aromatic carbocycles. The third-order valence-electron chi connectivity index (χ3n) is 3.95. The fraction of sp³-hybridized carbons (Fsp3) is 0.222. The van der Waals surface area contributed by atoms with Gasteiger partial charge in [-0.3, -0.25) is 9.59 Å². The van der Waals surface area contributed by atoms with E-state index in [1.807, 2.05) is 30.3 Å². The van der Waals surface area contributed by atoms with E-state index in [4.69, 9.17) is 0 Å². The predicted octanol–water partition coefficient (Wildman–Crippen LogP) is 4.43. The topological polar surface area (TPSA) is 37.4 Å². The number of hydrogen-bond acceptors (Lipinski definition) is 2. The molecule has 1 amide bonds. The zero-order valence-corrected chi connectivity index (χ0v) is 15.5. The second-order valence-corrected chi connectivity index (χ2v) is 7.15. The molecule has 3 nitrogen and oxygen atoms in total. The maximum atomic E-state index is 12.9. The Labute approximate surface area is 151 Å². The third kappa shape index (κ3) is 3.40. The van der Waals surface area contributed by atoms with Gasteiger partial charge < -0.3 is 4.90 Å². The molecule has 3 rings (SSSR count). The van der Waals surface area contributed by atoms with Crippen molar-refractivity contribution < 1.29 is 9.59 Å². The molecule has 1 atom stereocenters. The minimum atomic E-state index is -0.0722. The van der Waals surface area contributed by atoms with Crippen molar-refractivity contribution in [3.63, 3.8) is 0 Å². The number of carbonyl (C=O) groups is 2. The van der Waals surface area contributed by atoms with E-state index >= 15 is 0 Å². The first-order chi connectivity index (χ1) is 11.1. The molecule has 0 aromatic heterocycles. The summed E-state index contributed by atoms with van der Waals surface area (Å²) >= 11 is 6.87. The first kappa shape index (κ1) is 16.4. The predicted molar refractivity (Wildman–Crippen MR) is 98.3 cm³/mol. The van der Waals surface area contributed by atoms with E-state index in [0.717, 1.165) is 9.80 Å². The number of rotatable bonds is 4. The summed E-state index contributed by atoms with van der Waals surface area (Å²) in [7, 11) is 0. The number of amides is 1. The highest BCUT2D eigenvalue weighted by molar-refractivity contribution is 9.10. The Hall–Kier alpha value is -1.46. The highest BCUT2D eigenvalue weighted by Gasteiger charge is 2.32. The molecule has 0 N–H and O–H groups in total. The molecule has 1 unspecified atom stereocenters. The van der Waals surface area contributed by atoms with Crippen LogP contribution in [0, 0.1) is 5.92 Å². The summed E-state index contributed by atoms with van der Waals surface area (Å²) in [6.45, 7) is 0.640. The zero-order chi connectivity index (χ0) is 16.4. The van der Waals surface area contributed by atoms with Crippen molar-refractivity contribution in [1.82, 2.24) is 0 Å². The average Bonchev–Trinajstić information content (AvgIpc) is 2.96. The van der Waals surface area contributed by atoms with Crippen LogP contribution in [-0.4, -0.2) is 23.6 Å². The lowest BCUT2D eigenvalue weighted by atomic mass is 10.0. The standard InChI is InChI=1S/C18H15Br2NO2/c19-10-12-8-17(22)21(11-12)16-7-6-14(20)9-15(16)18(23)13-4-2-1-3-5-13/h1-7,9,12H,8,10-11H2. The van der Waals surface area contributed by atoms with E-state index in [2.05, 4.69) is 31.9 Å². The Kier molecular flexibility index (Phi) is 4.97. The molecular formula is C18H15Br2NO2. The third-order valence-corrected chi connectivity index (χ3v) is 5.36. The lowest BCUT2D eigenvalue weighted by Gasteiger charge is -2.20. The van der Waals surface area contributed by atoms with Gasteiger partial charge in [0.15, 0.2) is 5.78 Å². The molecule has 0 aliphatic carbocycles. The monoisotopic (exact) mass is 435 g/mol. The Bertz CT molecular complexity index is 746. The molecule has 1 aliphatic heterocycles. The number of benzene rings is 2. The molecular weight excluding hydrogens is 422 g/mol. The van der Waals surface area contributed by atoms with E-state index in [-0.39, 0.29) is 17.6 Å². The van der Waals surface area contributed by atoms with Crippen LogP contribution in [0.1, 0.15) is 22.3 Å². The van der Waals surface area contributed by atoms with Gasteiger partial charge in [-0.15, -0.1) is 0 Å². The maximum Gasteiger partial charge on any atom is 0.227 e. The molecule has 118 valence electrons. The van der Waals surface area contributed by atoms with E-state index in [0.29, 0.717) is 29.8 Å². The van der Waals surface area contributed by atoms with Crippen molar-refractivity contribution in [3.05, 3.63) is 64.1 Å². The van der Waals surface area contributed by atoms with Crippen LogP contribution in [0.3, 0.4) is 0 Å². The number of halogens is 2. The quantitative estimate of drug-likeness (QED) is 0.525. The van der Waals surface area contributed by atoms with Crippen LogP contribution in [0.15, 0.2) is 53.0 Å². The van der Waals surface area contributed by atoms with Gasteiger partial charge >= 0.3 is 0 Å². The van der Waals surface area contributed by atoms with Gasteiger partial charge in [0.05, 0.1) is 5.69 Å². The van der Waals surface area contributed by atoms with Crippen molar-refractivity contribution >= 4 is 49.2 Å². The largest absolute Gasteiger partial charge is 0.311 e. The zero-order valence-electron chi connectivity index (χ0n) is 12.3. The van der Waals surface area contributed by atoms with E-state index in [1.165, 1.54) is 0 Å². The number of ketones is 1. The summed E-state index contributed by atoms with van der Waals surface area (Å²) in [5, 5.41) is 0.785. The van der Waals surface area contributed by atoms with Gasteiger partial charge in [-0.25, -0.2) is 0 Å². The van der Waals surface area contributed by atoms with Gasteiger partial charge in [0, 0.05) is 33.9 Å². The first-order valence-electron chi connectivity index (χ1n) is 7.35. The average molecular weight is 437 g/mol. The van der Waals surface area contributed by atoms with Crippen LogP contribution in [-0.2, 0) is 4.79 Å². The first-order valence-corrected chi connectivity index (χ1v) is 9.27. The van der Waals surface area contributed by atoms with Gasteiger partial charge in [0.1, 0.15) is 0 Å². The fourth-order valence-electron chi connectivity index (χ4n) is 2.79. The van der Waals surface area contributed by atoms with Crippen LogP contribution in [0.25, 0.3) is 0 Å². The highest BCUT2D eigenvalue weighted by atomic mass is 79.9. The van der Waals surface area contributed by atoms with Crippen molar-refractivity contribution in [2.75, 3.05) is 16.8 Å². The molecule has 5 heteroatoms. The molecule has 2 aromatic rings. The van der Waals surface area contributed by atoms with Crippen molar-refractivity contribution in [2.45, 2.75) is 6.42 Å². The lowest BCUT2D eigenvalue weighted by Crippen LogP contribution is -2.26. The van der Waals surface area contributed by atoms with E-state index in [1.54, 1.807) is 23.1 Å². The molecule has 1 fully saturated rings. The Morgan fingerprint density at radius 1 is 1.17 bits per heavy atom. The van der Waals surface area contributed by atoms with Crippen molar-refractivity contribution in [3.8, 4) is 0 Å². The van der Waals surface area contributed by atoms with Gasteiger partial charge in [0.2, 0.25) is 5.91 Å². The highest BCUT2D eigenvalue weighted by Crippen LogP contribution is 2.32. The Balaban J connectivity index is 2.02. The number of alkyl halides is 1. The second-order valence-electron chi connectivity index (χ2n) is 5.59. The van der Waals surface area contributed by atoms with Crippen LogP contribution in [0.4, 0.5) is 5.69 Å². The number of hydrogen-bond donors (Lipinski definition) is 0. The summed E-state index contributed by atoms with van der Waals surface area (Å²) in [5.41, 5.74) is 1.86.